The van der Waals surface area contributed by atoms with Crippen LogP contribution in [0.5, 0.6) is 5.75 Å². The molecule has 0 saturated carbocycles. The molecule has 2 rings (SSSR count). The second-order valence-electron chi connectivity index (χ2n) is 5.37. The van der Waals surface area contributed by atoms with Crippen molar-refractivity contribution in [2.75, 3.05) is 0 Å². The summed E-state index contributed by atoms with van der Waals surface area (Å²) in [5, 5.41) is 3.70. The van der Waals surface area contributed by atoms with Gasteiger partial charge in [0.15, 0.2) is 6.10 Å². The van der Waals surface area contributed by atoms with Crippen molar-refractivity contribution < 1.29 is 13.9 Å². The molecule has 24 heavy (non-hydrogen) atoms. The molecule has 2 aromatic rings. The lowest BCUT2D eigenvalue weighted by Crippen LogP contribution is -2.39. The molecule has 6 heteroatoms. The van der Waals surface area contributed by atoms with E-state index in [0.717, 1.165) is 5.56 Å². The number of amides is 1. The number of benzene rings is 2. The number of rotatable bonds is 6. The van der Waals surface area contributed by atoms with Crippen molar-refractivity contribution in [1.29, 1.82) is 0 Å². The van der Waals surface area contributed by atoms with Gasteiger partial charge in [0, 0.05) is 5.02 Å². The van der Waals surface area contributed by atoms with Crippen LogP contribution in [0.15, 0.2) is 42.5 Å². The number of hydrogen-bond acceptors (Lipinski definition) is 2. The topological polar surface area (TPSA) is 38.3 Å². The lowest BCUT2D eigenvalue weighted by Gasteiger charge is -2.21. The van der Waals surface area contributed by atoms with Gasteiger partial charge >= 0.3 is 0 Å². The molecule has 0 aromatic heterocycles. The summed E-state index contributed by atoms with van der Waals surface area (Å²) in [7, 11) is 0. The van der Waals surface area contributed by atoms with E-state index >= 15 is 0 Å². The van der Waals surface area contributed by atoms with Gasteiger partial charge in [-0.3, -0.25) is 4.79 Å². The predicted octanol–water partition coefficient (Wildman–Crippen LogP) is 5.17. The lowest BCUT2D eigenvalue weighted by molar-refractivity contribution is -0.128. The van der Waals surface area contributed by atoms with Crippen LogP contribution in [-0.4, -0.2) is 12.0 Å². The SMILES string of the molecule is CCC(Oc1ccc(Cl)cc1Cl)C(=O)N[C@@H](C)c1ccc(F)cc1. The van der Waals surface area contributed by atoms with E-state index in [1.807, 2.05) is 13.8 Å². The molecule has 0 saturated heterocycles. The molecule has 0 aliphatic heterocycles. The maximum absolute atomic E-state index is 13.0. The number of nitrogens with one attached hydrogen (secondary N) is 1. The van der Waals surface area contributed by atoms with Crippen molar-refractivity contribution in [3.63, 3.8) is 0 Å². The Labute approximate surface area is 150 Å². The Bertz CT molecular complexity index is 707. The van der Waals surface area contributed by atoms with Crippen LogP contribution in [0, 0.1) is 5.82 Å². The summed E-state index contributed by atoms with van der Waals surface area (Å²) in [5.74, 6) is -0.178. The average Bonchev–Trinajstić information content (AvgIpc) is 2.54. The molecule has 3 nitrogen and oxygen atoms in total. The number of carbonyl (C=O) groups excluding carboxylic acids is 1. The van der Waals surface area contributed by atoms with Crippen LogP contribution in [0.1, 0.15) is 31.9 Å². The van der Waals surface area contributed by atoms with Crippen molar-refractivity contribution in [3.8, 4) is 5.75 Å². The molecule has 2 aromatic carbocycles. The summed E-state index contributed by atoms with van der Waals surface area (Å²) >= 11 is 11.9. The zero-order chi connectivity index (χ0) is 17.7. The third-order valence-corrected chi connectivity index (χ3v) is 4.09. The van der Waals surface area contributed by atoms with Gasteiger partial charge in [0.2, 0.25) is 0 Å². The van der Waals surface area contributed by atoms with Crippen molar-refractivity contribution in [1.82, 2.24) is 5.32 Å². The van der Waals surface area contributed by atoms with Crippen LogP contribution in [0.2, 0.25) is 10.0 Å². The van der Waals surface area contributed by atoms with Crippen LogP contribution in [0.3, 0.4) is 0 Å². The van der Waals surface area contributed by atoms with Crippen molar-refractivity contribution in [3.05, 3.63) is 63.9 Å². The summed E-state index contributed by atoms with van der Waals surface area (Å²) in [6.07, 6.45) is -0.215. The maximum atomic E-state index is 13.0. The van der Waals surface area contributed by atoms with E-state index in [9.17, 15) is 9.18 Å². The average molecular weight is 370 g/mol. The van der Waals surface area contributed by atoms with Gasteiger partial charge in [-0.2, -0.15) is 0 Å². The first-order valence-corrected chi connectivity index (χ1v) is 8.33. The fourth-order valence-corrected chi connectivity index (χ4v) is 2.64. The summed E-state index contributed by atoms with van der Waals surface area (Å²) in [6, 6.07) is 10.6. The van der Waals surface area contributed by atoms with Gasteiger partial charge in [0.25, 0.3) is 5.91 Å². The molecule has 0 heterocycles. The minimum absolute atomic E-state index is 0.264. The highest BCUT2D eigenvalue weighted by Crippen LogP contribution is 2.28. The largest absolute Gasteiger partial charge is 0.479 e. The molecular weight excluding hydrogens is 352 g/mol. The molecular formula is C18H18Cl2FNO2. The third kappa shape index (κ3) is 4.86. The first-order valence-electron chi connectivity index (χ1n) is 7.58. The zero-order valence-electron chi connectivity index (χ0n) is 13.4. The molecule has 128 valence electrons. The van der Waals surface area contributed by atoms with Gasteiger partial charge in [-0.15, -0.1) is 0 Å². The monoisotopic (exact) mass is 369 g/mol. The summed E-state index contributed by atoms with van der Waals surface area (Å²) in [4.78, 5) is 12.4. The van der Waals surface area contributed by atoms with E-state index in [0.29, 0.717) is 22.2 Å². The van der Waals surface area contributed by atoms with Gasteiger partial charge < -0.3 is 10.1 Å². The summed E-state index contributed by atoms with van der Waals surface area (Å²) in [6.45, 7) is 3.67. The highest BCUT2D eigenvalue weighted by atomic mass is 35.5. The summed E-state index contributed by atoms with van der Waals surface area (Å²) < 4.78 is 18.7. The number of halogens is 3. The molecule has 1 N–H and O–H groups in total. The highest BCUT2D eigenvalue weighted by Gasteiger charge is 2.21. The second-order valence-corrected chi connectivity index (χ2v) is 6.21. The van der Waals surface area contributed by atoms with Gasteiger partial charge in [-0.1, -0.05) is 42.3 Å². The van der Waals surface area contributed by atoms with Crippen molar-refractivity contribution >= 4 is 29.1 Å². The molecule has 0 fully saturated rings. The smallest absolute Gasteiger partial charge is 0.261 e. The van der Waals surface area contributed by atoms with Gasteiger partial charge in [-0.25, -0.2) is 4.39 Å². The quantitative estimate of drug-likeness (QED) is 0.762. The summed E-state index contributed by atoms with van der Waals surface area (Å²) in [5.41, 5.74) is 0.809. The number of ether oxygens (including phenoxy) is 1. The molecule has 0 aliphatic carbocycles. The lowest BCUT2D eigenvalue weighted by atomic mass is 10.1. The minimum Gasteiger partial charge on any atom is -0.479 e. The Hall–Kier alpha value is -1.78. The van der Waals surface area contributed by atoms with E-state index in [2.05, 4.69) is 5.32 Å². The maximum Gasteiger partial charge on any atom is 0.261 e. The standard InChI is InChI=1S/C18H18Cl2FNO2/c1-3-16(24-17-9-6-13(19)10-15(17)20)18(23)22-11(2)12-4-7-14(21)8-5-12/h4-11,16H,3H2,1-2H3,(H,22,23)/t11-,16?/m0/s1. The van der Waals surface area contributed by atoms with Crippen LogP contribution in [-0.2, 0) is 4.79 Å². The Kier molecular flexibility index (Phi) is 6.46. The van der Waals surface area contributed by atoms with E-state index < -0.39 is 6.10 Å². The molecule has 1 amide bonds. The van der Waals surface area contributed by atoms with Gasteiger partial charge in [0.1, 0.15) is 11.6 Å². The molecule has 1 unspecified atom stereocenters. The Morgan fingerprint density at radius 2 is 1.88 bits per heavy atom. The first-order chi connectivity index (χ1) is 11.4. The molecule has 2 atom stereocenters. The van der Waals surface area contributed by atoms with Gasteiger partial charge in [-0.05, 0) is 49.2 Å². The molecule has 0 aliphatic rings. The fourth-order valence-electron chi connectivity index (χ4n) is 2.19. The highest BCUT2D eigenvalue weighted by molar-refractivity contribution is 6.35. The van der Waals surface area contributed by atoms with Crippen molar-refractivity contribution in [2.24, 2.45) is 0 Å². The fraction of sp³-hybridized carbons (Fsp3) is 0.278. The van der Waals surface area contributed by atoms with E-state index in [1.165, 1.54) is 12.1 Å². The molecule has 0 bridgehead atoms. The van der Waals surface area contributed by atoms with Crippen LogP contribution < -0.4 is 10.1 Å². The molecule has 0 radical (unpaired) electrons. The third-order valence-electron chi connectivity index (χ3n) is 3.56. The second kappa shape index (κ2) is 8.36. The van der Waals surface area contributed by atoms with Crippen LogP contribution >= 0.6 is 23.2 Å². The number of hydrogen-bond donors (Lipinski definition) is 1. The Morgan fingerprint density at radius 3 is 2.46 bits per heavy atom. The van der Waals surface area contributed by atoms with E-state index in [-0.39, 0.29) is 17.8 Å². The zero-order valence-corrected chi connectivity index (χ0v) is 14.9. The predicted molar refractivity (Wildman–Crippen MR) is 94.1 cm³/mol. The van der Waals surface area contributed by atoms with E-state index in [4.69, 9.17) is 27.9 Å². The van der Waals surface area contributed by atoms with Crippen LogP contribution in [0.4, 0.5) is 4.39 Å². The van der Waals surface area contributed by atoms with Crippen LogP contribution in [0.25, 0.3) is 0 Å². The first kappa shape index (κ1) is 18.6. The molecule has 0 spiro atoms. The minimum atomic E-state index is -0.688. The number of carbonyl (C=O) groups is 1. The van der Waals surface area contributed by atoms with E-state index in [1.54, 1.807) is 30.3 Å². The Balaban J connectivity index is 2.04. The Morgan fingerprint density at radius 1 is 1.21 bits per heavy atom. The van der Waals surface area contributed by atoms with Crippen molar-refractivity contribution in [2.45, 2.75) is 32.4 Å². The normalized spacial score (nSPS) is 13.2. The van der Waals surface area contributed by atoms with Gasteiger partial charge in [0.05, 0.1) is 11.1 Å².